The maximum absolute atomic E-state index is 11.8. The van der Waals surface area contributed by atoms with Crippen LogP contribution < -0.4 is 4.72 Å². The third kappa shape index (κ3) is 4.03. The summed E-state index contributed by atoms with van der Waals surface area (Å²) in [7, 11) is -3.35. The van der Waals surface area contributed by atoms with Gasteiger partial charge in [-0.05, 0) is 19.4 Å². The lowest BCUT2D eigenvalue weighted by molar-refractivity contribution is 0.319. The maximum Gasteiger partial charge on any atom is 0.232 e. The minimum absolute atomic E-state index is 0.0904. The second-order valence-corrected chi connectivity index (χ2v) is 5.85. The number of anilines is 1. The Hall–Kier alpha value is -1.56. The molecular weight excluding hydrogens is 252 g/mol. The van der Waals surface area contributed by atoms with Gasteiger partial charge in [-0.2, -0.15) is 0 Å². The molecule has 0 aromatic heterocycles. The van der Waals surface area contributed by atoms with E-state index in [1.165, 1.54) is 0 Å². The van der Waals surface area contributed by atoms with Crippen LogP contribution in [0.25, 0.3) is 0 Å². The van der Waals surface area contributed by atoms with Gasteiger partial charge in [0.2, 0.25) is 10.0 Å². The van der Waals surface area contributed by atoms with Gasteiger partial charge >= 0.3 is 0 Å². The van der Waals surface area contributed by atoms with Gasteiger partial charge in [0.1, 0.15) is 0 Å². The van der Waals surface area contributed by atoms with Gasteiger partial charge in [0.15, 0.2) is 0 Å². The first-order valence-electron chi connectivity index (χ1n) is 5.78. The van der Waals surface area contributed by atoms with Crippen LogP contribution in [0, 0.1) is 0 Å². The lowest BCUT2D eigenvalue weighted by Gasteiger charge is -2.11. The number of benzene rings is 1. The van der Waals surface area contributed by atoms with Crippen molar-refractivity contribution < 1.29 is 13.6 Å². The Kier molecular flexibility index (Phi) is 5.15. The van der Waals surface area contributed by atoms with Crippen molar-refractivity contribution in [2.45, 2.75) is 26.7 Å². The van der Waals surface area contributed by atoms with E-state index in [4.69, 9.17) is 5.21 Å². The third-order valence-corrected chi connectivity index (χ3v) is 3.86. The number of hydrogen-bond donors (Lipinski definition) is 2. The number of sulfonamides is 1. The van der Waals surface area contributed by atoms with Gasteiger partial charge in [-0.25, -0.2) is 8.42 Å². The van der Waals surface area contributed by atoms with E-state index >= 15 is 0 Å². The molecule has 0 atom stereocenters. The lowest BCUT2D eigenvalue weighted by atomic mass is 10.1. The minimum Gasteiger partial charge on any atom is -0.411 e. The summed E-state index contributed by atoms with van der Waals surface area (Å²) < 4.78 is 26.1. The van der Waals surface area contributed by atoms with E-state index in [0.29, 0.717) is 23.4 Å². The van der Waals surface area contributed by atoms with Crippen molar-refractivity contribution in [2.75, 3.05) is 10.5 Å². The molecule has 0 aliphatic carbocycles. The van der Waals surface area contributed by atoms with Crippen LogP contribution >= 0.6 is 0 Å². The fourth-order valence-electron chi connectivity index (χ4n) is 1.49. The summed E-state index contributed by atoms with van der Waals surface area (Å²) in [5, 5.41) is 11.9. The Morgan fingerprint density at radius 1 is 1.39 bits per heavy atom. The quantitative estimate of drug-likeness (QED) is 0.473. The first-order valence-corrected chi connectivity index (χ1v) is 7.44. The lowest BCUT2D eigenvalue weighted by Crippen LogP contribution is -2.18. The van der Waals surface area contributed by atoms with E-state index in [2.05, 4.69) is 9.88 Å². The molecule has 100 valence electrons. The predicted octanol–water partition coefficient (Wildman–Crippen LogP) is 2.43. The van der Waals surface area contributed by atoms with Crippen molar-refractivity contribution in [1.82, 2.24) is 0 Å². The Labute approximate surface area is 108 Å². The second kappa shape index (κ2) is 6.39. The van der Waals surface area contributed by atoms with E-state index in [1.807, 2.05) is 6.92 Å². The molecule has 0 unspecified atom stereocenters. The van der Waals surface area contributed by atoms with Gasteiger partial charge in [0, 0.05) is 5.56 Å². The molecule has 0 aliphatic rings. The van der Waals surface area contributed by atoms with E-state index in [9.17, 15) is 8.42 Å². The molecule has 1 rings (SSSR count). The average molecular weight is 270 g/mol. The van der Waals surface area contributed by atoms with Crippen molar-refractivity contribution in [1.29, 1.82) is 0 Å². The topological polar surface area (TPSA) is 78.8 Å². The third-order valence-electron chi connectivity index (χ3n) is 2.50. The van der Waals surface area contributed by atoms with Crippen LogP contribution in [0.3, 0.4) is 0 Å². The zero-order valence-electron chi connectivity index (χ0n) is 10.5. The summed E-state index contributed by atoms with van der Waals surface area (Å²) >= 11 is 0. The summed E-state index contributed by atoms with van der Waals surface area (Å²) in [5.41, 5.74) is 1.37. The standard InChI is InChI=1S/C12H18N2O3S/c1-3-4-9-18(16,17)14-12-8-6-5-7-11(12)10(2)13-15/h5-8,14-15H,3-4,9H2,1-2H3/b13-10+. The summed E-state index contributed by atoms with van der Waals surface area (Å²) in [6, 6.07) is 6.83. The van der Waals surface area contributed by atoms with E-state index in [1.54, 1.807) is 31.2 Å². The summed E-state index contributed by atoms with van der Waals surface area (Å²) in [6.45, 7) is 3.55. The Morgan fingerprint density at radius 2 is 2.06 bits per heavy atom. The highest BCUT2D eigenvalue weighted by molar-refractivity contribution is 7.92. The largest absolute Gasteiger partial charge is 0.411 e. The van der Waals surface area contributed by atoms with Crippen molar-refractivity contribution >= 4 is 21.4 Å². The molecule has 2 N–H and O–H groups in total. The number of rotatable bonds is 6. The number of para-hydroxylation sites is 1. The monoisotopic (exact) mass is 270 g/mol. The highest BCUT2D eigenvalue weighted by Crippen LogP contribution is 2.18. The molecule has 0 fully saturated rings. The molecule has 0 saturated heterocycles. The first-order chi connectivity index (χ1) is 8.50. The smallest absolute Gasteiger partial charge is 0.232 e. The molecule has 1 aromatic rings. The van der Waals surface area contributed by atoms with Crippen LogP contribution in [0.1, 0.15) is 32.3 Å². The van der Waals surface area contributed by atoms with Crippen LogP contribution in [-0.2, 0) is 10.0 Å². The number of unbranched alkanes of at least 4 members (excludes halogenated alkanes) is 1. The van der Waals surface area contributed by atoms with Crippen molar-refractivity contribution in [3.05, 3.63) is 29.8 Å². The number of nitrogens with zero attached hydrogens (tertiary/aromatic N) is 1. The Morgan fingerprint density at radius 3 is 2.67 bits per heavy atom. The fraction of sp³-hybridized carbons (Fsp3) is 0.417. The van der Waals surface area contributed by atoms with Crippen LogP contribution in [0.2, 0.25) is 0 Å². The summed E-state index contributed by atoms with van der Waals surface area (Å²) in [5.74, 6) is 0.0904. The molecule has 0 aliphatic heterocycles. The van der Waals surface area contributed by atoms with Crippen molar-refractivity contribution in [3.63, 3.8) is 0 Å². The number of hydrogen-bond acceptors (Lipinski definition) is 4. The van der Waals surface area contributed by atoms with Crippen LogP contribution in [0.4, 0.5) is 5.69 Å². The predicted molar refractivity (Wildman–Crippen MR) is 72.8 cm³/mol. The molecule has 0 heterocycles. The summed E-state index contributed by atoms with van der Waals surface area (Å²) in [4.78, 5) is 0. The fourth-order valence-corrected chi connectivity index (χ4v) is 2.78. The molecule has 1 aromatic carbocycles. The molecule has 0 amide bonds. The zero-order valence-corrected chi connectivity index (χ0v) is 11.4. The molecule has 0 bridgehead atoms. The van der Waals surface area contributed by atoms with Gasteiger partial charge in [-0.3, -0.25) is 4.72 Å². The second-order valence-electron chi connectivity index (χ2n) is 4.01. The van der Waals surface area contributed by atoms with Gasteiger partial charge in [-0.15, -0.1) is 0 Å². The normalized spacial score (nSPS) is 12.4. The number of nitrogens with one attached hydrogen (secondary N) is 1. The first kappa shape index (κ1) is 14.5. The highest BCUT2D eigenvalue weighted by atomic mass is 32.2. The average Bonchev–Trinajstić information content (AvgIpc) is 2.36. The molecule has 0 spiro atoms. The van der Waals surface area contributed by atoms with E-state index in [0.717, 1.165) is 6.42 Å². The van der Waals surface area contributed by atoms with Crippen LogP contribution in [0.15, 0.2) is 29.4 Å². The zero-order chi connectivity index (χ0) is 13.6. The molecule has 0 saturated carbocycles. The van der Waals surface area contributed by atoms with Gasteiger partial charge in [0.05, 0.1) is 17.2 Å². The van der Waals surface area contributed by atoms with E-state index < -0.39 is 10.0 Å². The van der Waals surface area contributed by atoms with Crippen LogP contribution in [0.5, 0.6) is 0 Å². The van der Waals surface area contributed by atoms with E-state index in [-0.39, 0.29) is 5.75 Å². The van der Waals surface area contributed by atoms with Crippen molar-refractivity contribution in [3.8, 4) is 0 Å². The number of oxime groups is 1. The van der Waals surface area contributed by atoms with Crippen molar-refractivity contribution in [2.24, 2.45) is 5.16 Å². The molecular formula is C12H18N2O3S. The van der Waals surface area contributed by atoms with Gasteiger partial charge in [-0.1, -0.05) is 36.7 Å². The highest BCUT2D eigenvalue weighted by Gasteiger charge is 2.13. The minimum atomic E-state index is -3.35. The van der Waals surface area contributed by atoms with Gasteiger partial charge in [0.25, 0.3) is 0 Å². The molecule has 0 radical (unpaired) electrons. The van der Waals surface area contributed by atoms with Gasteiger partial charge < -0.3 is 5.21 Å². The molecule has 5 nitrogen and oxygen atoms in total. The molecule has 6 heteroatoms. The Bertz CT molecular complexity index is 524. The van der Waals surface area contributed by atoms with Crippen LogP contribution in [-0.4, -0.2) is 25.1 Å². The Balaban J connectivity index is 2.98. The SMILES string of the molecule is CCCCS(=O)(=O)Nc1ccccc1/C(C)=N/O. The summed E-state index contributed by atoms with van der Waals surface area (Å²) in [6.07, 6.45) is 1.43. The maximum atomic E-state index is 11.8. The molecule has 18 heavy (non-hydrogen) atoms.